The van der Waals surface area contributed by atoms with E-state index in [2.05, 4.69) is 0 Å². The maximum absolute atomic E-state index is 12.7. The summed E-state index contributed by atoms with van der Waals surface area (Å²) in [4.78, 5) is 12.7. The minimum Gasteiger partial charge on any atom is -0.461 e. The molecule has 10 atom stereocenters. The van der Waals surface area contributed by atoms with Gasteiger partial charge in [0, 0.05) is 18.3 Å². The van der Waals surface area contributed by atoms with Crippen LogP contribution < -0.4 is 0 Å². The van der Waals surface area contributed by atoms with Gasteiger partial charge in [0.2, 0.25) is 0 Å². The van der Waals surface area contributed by atoms with E-state index in [1.807, 2.05) is 56.4 Å². The molecule has 8 heteroatoms. The summed E-state index contributed by atoms with van der Waals surface area (Å²) in [6.07, 6.45) is 14.0. The number of hydrogen-bond donors (Lipinski definition) is 6. The van der Waals surface area contributed by atoms with Crippen molar-refractivity contribution in [1.82, 2.24) is 0 Å². The van der Waals surface area contributed by atoms with E-state index in [9.17, 15) is 35.4 Å². The highest BCUT2D eigenvalue weighted by molar-refractivity contribution is 5.72. The lowest BCUT2D eigenvalue weighted by atomic mass is 9.91. The maximum Gasteiger partial charge on any atom is 0.311 e. The highest BCUT2D eigenvalue weighted by Gasteiger charge is 2.29. The van der Waals surface area contributed by atoms with Crippen LogP contribution in [0.15, 0.2) is 60.8 Å². The number of esters is 1. The molecule has 0 unspecified atom stereocenters. The van der Waals surface area contributed by atoms with Gasteiger partial charge in [-0.2, -0.15) is 0 Å². The second kappa shape index (κ2) is 19.9. The Morgan fingerprint density at radius 2 is 1.20 bits per heavy atom. The van der Waals surface area contributed by atoms with Gasteiger partial charge in [-0.05, 0) is 45.4 Å². The van der Waals surface area contributed by atoms with Crippen molar-refractivity contribution in [2.45, 2.75) is 115 Å². The molecule has 6 N–H and O–H groups in total. The summed E-state index contributed by atoms with van der Waals surface area (Å²) in [5.41, 5.74) is 0. The lowest BCUT2D eigenvalue weighted by molar-refractivity contribution is -0.159. The fraction of sp³-hybridized carbons (Fsp3) is 0.656. The van der Waals surface area contributed by atoms with E-state index in [0.29, 0.717) is 25.7 Å². The van der Waals surface area contributed by atoms with Crippen LogP contribution >= 0.6 is 0 Å². The van der Waals surface area contributed by atoms with Gasteiger partial charge in [0.05, 0.1) is 42.5 Å². The maximum atomic E-state index is 12.7. The Morgan fingerprint density at radius 3 is 1.77 bits per heavy atom. The molecule has 8 nitrogen and oxygen atoms in total. The summed E-state index contributed by atoms with van der Waals surface area (Å²) in [5.74, 6) is -1.85. The Bertz CT molecular complexity index is 848. The molecule has 0 saturated heterocycles. The highest BCUT2D eigenvalue weighted by atomic mass is 16.5. The van der Waals surface area contributed by atoms with Crippen molar-refractivity contribution >= 4 is 5.97 Å². The number of allylic oxidation sites excluding steroid dienone is 8. The lowest BCUT2D eigenvalue weighted by Crippen LogP contribution is -2.34. The van der Waals surface area contributed by atoms with Crippen molar-refractivity contribution in [1.29, 1.82) is 0 Å². The van der Waals surface area contributed by atoms with Gasteiger partial charge in [-0.15, -0.1) is 0 Å². The van der Waals surface area contributed by atoms with Gasteiger partial charge in [-0.3, -0.25) is 4.79 Å². The van der Waals surface area contributed by atoms with Crippen molar-refractivity contribution in [3.63, 3.8) is 0 Å². The van der Waals surface area contributed by atoms with E-state index >= 15 is 0 Å². The zero-order valence-electron chi connectivity index (χ0n) is 24.5. The SMILES string of the molecule is CC[C@H]1OC(=O)[C@@H](C)[C@H](O)C[C@@H](O)CCC[C@H](O)C[C@H](O)C[C@H](O)[C@H](C)[C@@H](O)/C=C/C=C/C=C/C=C/C=C/[C@H]1C. The number of aliphatic hydroxyl groups excluding tert-OH is 6. The van der Waals surface area contributed by atoms with Crippen molar-refractivity contribution < 1.29 is 40.2 Å². The van der Waals surface area contributed by atoms with E-state index in [0.717, 1.165) is 0 Å². The summed E-state index contributed by atoms with van der Waals surface area (Å²) in [7, 11) is 0. The molecule has 1 aliphatic heterocycles. The van der Waals surface area contributed by atoms with Gasteiger partial charge in [0.1, 0.15) is 6.10 Å². The normalized spacial score (nSPS) is 41.0. The standard InChI is InChI=1S/C32H52O8/c1-5-31-22(2)15-12-10-8-6-7-9-11-13-18-28(36)23(3)29(37)21-27(35)19-25(33)16-14-17-26(34)20-30(38)24(4)32(39)40-31/h6-13,15,18,22-31,33-38H,5,14,16-17,19-21H2,1-4H3/b7-6+,10-8+,11-9+,15-12+,18-13+/t22-,23-,24+,25+,26+,27+,28+,29+,30-,31-/m1/s1. The zero-order chi connectivity index (χ0) is 30.1. The summed E-state index contributed by atoms with van der Waals surface area (Å²) in [5, 5.41) is 62.3. The smallest absolute Gasteiger partial charge is 0.311 e. The Labute approximate surface area is 240 Å². The van der Waals surface area contributed by atoms with Gasteiger partial charge in [-0.25, -0.2) is 0 Å². The molecular formula is C32H52O8. The topological polar surface area (TPSA) is 148 Å². The monoisotopic (exact) mass is 564 g/mol. The van der Waals surface area contributed by atoms with Crippen molar-refractivity contribution in [3.05, 3.63) is 60.8 Å². The van der Waals surface area contributed by atoms with Crippen molar-refractivity contribution in [2.75, 3.05) is 0 Å². The fourth-order valence-electron chi connectivity index (χ4n) is 4.52. The first-order valence-electron chi connectivity index (χ1n) is 14.6. The molecule has 0 saturated carbocycles. The molecule has 40 heavy (non-hydrogen) atoms. The molecule has 0 aromatic carbocycles. The number of aliphatic hydroxyl groups is 6. The summed E-state index contributed by atoms with van der Waals surface area (Å²) in [6, 6.07) is 0. The van der Waals surface area contributed by atoms with Crippen LogP contribution in [0.25, 0.3) is 0 Å². The Morgan fingerprint density at radius 1 is 0.700 bits per heavy atom. The Kier molecular flexibility index (Phi) is 17.9. The first kappa shape index (κ1) is 36.0. The molecule has 228 valence electrons. The van der Waals surface area contributed by atoms with Gasteiger partial charge < -0.3 is 35.4 Å². The summed E-state index contributed by atoms with van der Waals surface area (Å²) < 4.78 is 5.68. The number of carbonyl (C=O) groups is 1. The Balaban J connectivity index is 2.94. The van der Waals surface area contributed by atoms with Gasteiger partial charge in [-0.1, -0.05) is 81.5 Å². The average molecular weight is 565 g/mol. The second-order valence-corrected chi connectivity index (χ2v) is 11.0. The third-order valence-corrected chi connectivity index (χ3v) is 7.50. The molecule has 1 heterocycles. The van der Waals surface area contributed by atoms with Crippen LogP contribution in [-0.4, -0.2) is 79.3 Å². The van der Waals surface area contributed by atoms with Crippen LogP contribution in [0, 0.1) is 17.8 Å². The average Bonchev–Trinajstić information content (AvgIpc) is 2.90. The molecule has 0 aliphatic carbocycles. The number of cyclic esters (lactones) is 1. The van der Waals surface area contributed by atoms with Crippen molar-refractivity contribution in [2.24, 2.45) is 17.8 Å². The molecule has 0 radical (unpaired) electrons. The van der Waals surface area contributed by atoms with Crippen LogP contribution in [0.5, 0.6) is 0 Å². The minimum atomic E-state index is -1.07. The first-order valence-corrected chi connectivity index (χ1v) is 14.6. The number of carbonyl (C=O) groups excluding carboxylic acids is 1. The largest absolute Gasteiger partial charge is 0.461 e. The van der Waals surface area contributed by atoms with Crippen LogP contribution in [0.1, 0.15) is 72.6 Å². The molecule has 0 fully saturated rings. The molecule has 0 aromatic heterocycles. The van der Waals surface area contributed by atoms with E-state index in [1.165, 1.54) is 0 Å². The quantitative estimate of drug-likeness (QED) is 0.265. The van der Waals surface area contributed by atoms with E-state index in [1.54, 1.807) is 32.1 Å². The van der Waals surface area contributed by atoms with Gasteiger partial charge in [0.15, 0.2) is 0 Å². The number of ether oxygens (including phenoxy) is 1. The van der Waals surface area contributed by atoms with Crippen LogP contribution in [0.3, 0.4) is 0 Å². The lowest BCUT2D eigenvalue weighted by Gasteiger charge is -2.26. The van der Waals surface area contributed by atoms with Gasteiger partial charge >= 0.3 is 5.97 Å². The number of rotatable bonds is 1. The first-order chi connectivity index (χ1) is 19.0. The highest BCUT2D eigenvalue weighted by Crippen LogP contribution is 2.21. The van der Waals surface area contributed by atoms with Crippen molar-refractivity contribution in [3.8, 4) is 0 Å². The second-order valence-electron chi connectivity index (χ2n) is 11.0. The molecular weight excluding hydrogens is 512 g/mol. The molecule has 0 aromatic rings. The molecule has 1 aliphatic rings. The minimum absolute atomic E-state index is 0.00951. The van der Waals surface area contributed by atoms with Crippen LogP contribution in [0.2, 0.25) is 0 Å². The van der Waals surface area contributed by atoms with Gasteiger partial charge in [0.25, 0.3) is 0 Å². The van der Waals surface area contributed by atoms with Crippen LogP contribution in [0.4, 0.5) is 0 Å². The summed E-state index contributed by atoms with van der Waals surface area (Å²) in [6.45, 7) is 7.18. The Hall–Kier alpha value is -2.07. The molecule has 1 rings (SSSR count). The third kappa shape index (κ3) is 14.5. The van der Waals surface area contributed by atoms with E-state index < -0.39 is 54.4 Å². The zero-order valence-corrected chi connectivity index (χ0v) is 24.5. The predicted molar refractivity (Wildman–Crippen MR) is 157 cm³/mol. The fourth-order valence-corrected chi connectivity index (χ4v) is 4.52. The molecule has 0 amide bonds. The molecule has 0 spiro atoms. The van der Waals surface area contributed by atoms with E-state index in [4.69, 9.17) is 4.74 Å². The predicted octanol–water partition coefficient (Wildman–Crippen LogP) is 3.52. The van der Waals surface area contributed by atoms with E-state index in [-0.39, 0.29) is 31.3 Å². The number of hydrogen-bond acceptors (Lipinski definition) is 8. The molecule has 0 bridgehead atoms. The van der Waals surface area contributed by atoms with Crippen LogP contribution in [-0.2, 0) is 9.53 Å². The summed E-state index contributed by atoms with van der Waals surface area (Å²) >= 11 is 0. The third-order valence-electron chi connectivity index (χ3n) is 7.50.